The fourth-order valence-corrected chi connectivity index (χ4v) is 2.18. The molecule has 0 saturated carbocycles. The zero-order chi connectivity index (χ0) is 15.4. The molecule has 0 fully saturated rings. The Bertz CT molecular complexity index is 711. The molecule has 0 saturated heterocycles. The molecule has 5 heteroatoms. The molecule has 3 N–H and O–H groups in total. The number of rotatable bonds is 3. The second-order valence-electron chi connectivity index (χ2n) is 4.57. The van der Waals surface area contributed by atoms with E-state index >= 15 is 0 Å². The summed E-state index contributed by atoms with van der Waals surface area (Å²) in [6, 6.07) is 10.6. The van der Waals surface area contributed by atoms with Crippen molar-refractivity contribution in [1.82, 2.24) is 0 Å². The summed E-state index contributed by atoms with van der Waals surface area (Å²) in [5, 5.41) is 3.69. The quantitative estimate of drug-likeness (QED) is 0.644. The summed E-state index contributed by atoms with van der Waals surface area (Å²) in [6.45, 7) is 1.85. The second kappa shape index (κ2) is 6.66. The van der Waals surface area contributed by atoms with Gasteiger partial charge in [0.05, 0.1) is 10.7 Å². The number of anilines is 2. The highest BCUT2D eigenvalue weighted by atomic mass is 35.5. The molecule has 0 spiro atoms. The number of carbonyl (C=O) groups excluding carboxylic acids is 1. The third kappa shape index (κ3) is 4.25. The minimum Gasteiger partial charge on any atom is -0.399 e. The van der Waals surface area contributed by atoms with Gasteiger partial charge >= 0.3 is 0 Å². The first-order valence-corrected chi connectivity index (χ1v) is 7.01. The Kier molecular flexibility index (Phi) is 4.89. The zero-order valence-corrected chi connectivity index (χ0v) is 12.9. The molecule has 108 valence electrons. The van der Waals surface area contributed by atoms with Crippen molar-refractivity contribution in [3.8, 4) is 0 Å². The van der Waals surface area contributed by atoms with E-state index in [1.165, 1.54) is 6.08 Å². The topological polar surface area (TPSA) is 55.1 Å². The lowest BCUT2D eigenvalue weighted by molar-refractivity contribution is -0.111. The normalized spacial score (nSPS) is 10.8. The van der Waals surface area contributed by atoms with Crippen molar-refractivity contribution in [1.29, 1.82) is 0 Å². The third-order valence-corrected chi connectivity index (χ3v) is 3.56. The van der Waals surface area contributed by atoms with Crippen LogP contribution >= 0.6 is 23.2 Å². The second-order valence-corrected chi connectivity index (χ2v) is 5.39. The summed E-state index contributed by atoms with van der Waals surface area (Å²) < 4.78 is 0. The molecule has 0 aliphatic heterocycles. The van der Waals surface area contributed by atoms with E-state index < -0.39 is 0 Å². The summed E-state index contributed by atoms with van der Waals surface area (Å²) in [6.07, 6.45) is 3.09. The Morgan fingerprint density at radius 2 is 1.95 bits per heavy atom. The van der Waals surface area contributed by atoms with Gasteiger partial charge in [-0.2, -0.15) is 0 Å². The molecule has 0 atom stereocenters. The molecular weight excluding hydrogens is 307 g/mol. The van der Waals surface area contributed by atoms with Gasteiger partial charge in [-0.25, -0.2) is 0 Å². The highest BCUT2D eigenvalue weighted by Gasteiger charge is 2.06. The van der Waals surface area contributed by atoms with Crippen LogP contribution in [0.25, 0.3) is 6.08 Å². The average molecular weight is 321 g/mol. The van der Waals surface area contributed by atoms with Gasteiger partial charge in [0, 0.05) is 16.8 Å². The van der Waals surface area contributed by atoms with Crippen LogP contribution in [0.3, 0.4) is 0 Å². The summed E-state index contributed by atoms with van der Waals surface area (Å²) in [5.74, 6) is -0.292. The van der Waals surface area contributed by atoms with Crippen molar-refractivity contribution < 1.29 is 4.79 Å². The van der Waals surface area contributed by atoms with Crippen LogP contribution in [0.15, 0.2) is 42.5 Å². The number of hydrogen-bond donors (Lipinski definition) is 2. The van der Waals surface area contributed by atoms with E-state index in [0.717, 1.165) is 11.1 Å². The SMILES string of the molecule is Cc1cc(Cl)c(NC(=O)/C=C/c2cccc(N)c2)cc1Cl. The molecule has 2 rings (SSSR count). The Morgan fingerprint density at radius 1 is 1.19 bits per heavy atom. The smallest absolute Gasteiger partial charge is 0.248 e. The van der Waals surface area contributed by atoms with E-state index in [1.807, 2.05) is 19.1 Å². The van der Waals surface area contributed by atoms with Gasteiger partial charge in [-0.3, -0.25) is 4.79 Å². The molecule has 0 unspecified atom stereocenters. The highest BCUT2D eigenvalue weighted by Crippen LogP contribution is 2.28. The van der Waals surface area contributed by atoms with E-state index in [9.17, 15) is 4.79 Å². The maximum Gasteiger partial charge on any atom is 0.248 e. The van der Waals surface area contributed by atoms with Crippen LogP contribution in [0.1, 0.15) is 11.1 Å². The number of carbonyl (C=O) groups is 1. The van der Waals surface area contributed by atoms with Crippen molar-refractivity contribution >= 4 is 46.6 Å². The number of halogens is 2. The van der Waals surface area contributed by atoms with Crippen molar-refractivity contribution in [3.05, 3.63) is 63.6 Å². The number of amides is 1. The van der Waals surface area contributed by atoms with Crippen molar-refractivity contribution in [2.45, 2.75) is 6.92 Å². The Hall–Kier alpha value is -1.97. The number of benzene rings is 2. The van der Waals surface area contributed by atoms with Crippen LogP contribution in [-0.2, 0) is 4.79 Å². The third-order valence-electron chi connectivity index (χ3n) is 2.84. The molecule has 0 bridgehead atoms. The number of nitrogens with two attached hydrogens (primary N) is 1. The molecule has 1 amide bonds. The maximum absolute atomic E-state index is 11.9. The number of aryl methyl sites for hydroxylation is 1. The average Bonchev–Trinajstić information content (AvgIpc) is 2.43. The van der Waals surface area contributed by atoms with E-state index in [2.05, 4.69) is 5.32 Å². The zero-order valence-electron chi connectivity index (χ0n) is 11.4. The van der Waals surface area contributed by atoms with Crippen LogP contribution in [0, 0.1) is 6.92 Å². The van der Waals surface area contributed by atoms with Crippen LogP contribution in [0.2, 0.25) is 10.0 Å². The molecule has 0 aromatic heterocycles. The maximum atomic E-state index is 11.9. The summed E-state index contributed by atoms with van der Waals surface area (Å²) in [5.41, 5.74) is 8.50. The first-order chi connectivity index (χ1) is 9.95. The monoisotopic (exact) mass is 320 g/mol. The Balaban J connectivity index is 2.10. The Morgan fingerprint density at radius 3 is 2.67 bits per heavy atom. The molecule has 0 aliphatic carbocycles. The van der Waals surface area contributed by atoms with Gasteiger partial charge < -0.3 is 11.1 Å². The van der Waals surface area contributed by atoms with Gasteiger partial charge in [-0.05, 0) is 48.4 Å². The minimum absolute atomic E-state index is 0.292. The molecule has 0 aliphatic rings. The fraction of sp³-hybridized carbons (Fsp3) is 0.0625. The molecule has 0 radical (unpaired) electrons. The summed E-state index contributed by atoms with van der Waals surface area (Å²) in [7, 11) is 0. The van der Waals surface area contributed by atoms with Gasteiger partial charge in [0.2, 0.25) is 5.91 Å². The predicted molar refractivity (Wildman–Crippen MR) is 89.7 cm³/mol. The minimum atomic E-state index is -0.292. The van der Waals surface area contributed by atoms with Crippen molar-refractivity contribution in [3.63, 3.8) is 0 Å². The van der Waals surface area contributed by atoms with Gasteiger partial charge in [0.1, 0.15) is 0 Å². The van der Waals surface area contributed by atoms with Crippen molar-refractivity contribution in [2.24, 2.45) is 0 Å². The lowest BCUT2D eigenvalue weighted by Crippen LogP contribution is -2.08. The molecule has 2 aromatic rings. The van der Waals surface area contributed by atoms with Crippen LogP contribution < -0.4 is 11.1 Å². The predicted octanol–water partition coefficient (Wildman–Crippen LogP) is 4.54. The lowest BCUT2D eigenvalue weighted by Gasteiger charge is -2.07. The van der Waals surface area contributed by atoms with E-state index in [4.69, 9.17) is 28.9 Å². The van der Waals surface area contributed by atoms with Crippen LogP contribution in [0.5, 0.6) is 0 Å². The number of nitrogen functional groups attached to an aromatic ring is 1. The largest absolute Gasteiger partial charge is 0.399 e. The highest BCUT2D eigenvalue weighted by molar-refractivity contribution is 6.36. The lowest BCUT2D eigenvalue weighted by atomic mass is 10.2. The molecule has 2 aromatic carbocycles. The molecule has 3 nitrogen and oxygen atoms in total. The first-order valence-electron chi connectivity index (χ1n) is 6.26. The Labute approximate surface area is 133 Å². The van der Waals surface area contributed by atoms with Crippen LogP contribution in [0.4, 0.5) is 11.4 Å². The summed E-state index contributed by atoms with van der Waals surface area (Å²) in [4.78, 5) is 11.9. The number of nitrogens with one attached hydrogen (secondary N) is 1. The van der Waals surface area contributed by atoms with Gasteiger partial charge in [-0.1, -0.05) is 35.3 Å². The van der Waals surface area contributed by atoms with E-state index in [1.54, 1.807) is 30.3 Å². The van der Waals surface area contributed by atoms with E-state index in [-0.39, 0.29) is 5.91 Å². The summed E-state index contributed by atoms with van der Waals surface area (Å²) >= 11 is 12.1. The standard InChI is InChI=1S/C16H14Cl2N2O/c1-10-7-14(18)15(9-13(10)17)20-16(21)6-5-11-3-2-4-12(19)8-11/h2-9H,19H2,1H3,(H,20,21)/b6-5+. The number of hydrogen-bond acceptors (Lipinski definition) is 2. The van der Waals surface area contributed by atoms with Gasteiger partial charge in [0.25, 0.3) is 0 Å². The first kappa shape index (κ1) is 15.4. The molecular formula is C16H14Cl2N2O. The van der Waals surface area contributed by atoms with Crippen LogP contribution in [-0.4, -0.2) is 5.91 Å². The van der Waals surface area contributed by atoms with Crippen molar-refractivity contribution in [2.75, 3.05) is 11.1 Å². The molecule has 0 heterocycles. The van der Waals surface area contributed by atoms with Gasteiger partial charge in [-0.15, -0.1) is 0 Å². The molecule has 21 heavy (non-hydrogen) atoms. The fourth-order valence-electron chi connectivity index (χ4n) is 1.75. The van der Waals surface area contributed by atoms with Gasteiger partial charge in [0.15, 0.2) is 0 Å². The van der Waals surface area contributed by atoms with E-state index in [0.29, 0.717) is 21.4 Å².